The van der Waals surface area contributed by atoms with Crippen LogP contribution in [0.4, 0.5) is 8.78 Å². The second-order valence-electron chi connectivity index (χ2n) is 11.7. The quantitative estimate of drug-likeness (QED) is 0.0961. The minimum Gasteiger partial charge on any atom is -0.495 e. The molecule has 0 aliphatic carbocycles. The summed E-state index contributed by atoms with van der Waals surface area (Å²) in [5.41, 5.74) is 1.60. The number of carboxylic acid groups (broad SMARTS) is 1. The van der Waals surface area contributed by atoms with Gasteiger partial charge in [-0.15, -0.1) is 0 Å². The Labute approximate surface area is 294 Å². The Kier molecular flexibility index (Phi) is 12.2. The number of halogens is 4. The molecule has 8 nitrogen and oxygen atoms in total. The fourth-order valence-electron chi connectivity index (χ4n) is 5.30. The highest BCUT2D eigenvalue weighted by Gasteiger charge is 2.34. The maximum absolute atomic E-state index is 15.6. The third-order valence-corrected chi connectivity index (χ3v) is 11.7. The molecule has 14 heteroatoms. The molecule has 1 N–H and O–H groups in total. The molecule has 48 heavy (non-hydrogen) atoms. The molecule has 0 saturated carbocycles. The average molecular weight is 741 g/mol. The SMILES string of the molecule is CCCCC[C@H](C(=O)O)N(C)S(=O)(=O)c1cc(F)c(CSc2ncc(C(C)(C)c3ccc(Cl)c(OC)c3)n2-c2ccc(F)cc2)c(Cl)c1. The first-order chi connectivity index (χ1) is 22.6. The molecular formula is C34H37Cl2F2N3O5S2. The highest BCUT2D eigenvalue weighted by atomic mass is 35.5. The summed E-state index contributed by atoms with van der Waals surface area (Å²) < 4.78 is 64.3. The van der Waals surface area contributed by atoms with Gasteiger partial charge in [0, 0.05) is 34.5 Å². The van der Waals surface area contributed by atoms with Gasteiger partial charge in [0.1, 0.15) is 23.4 Å². The van der Waals surface area contributed by atoms with E-state index in [1.807, 2.05) is 37.5 Å². The minimum absolute atomic E-state index is 0.0254. The number of carboxylic acids is 1. The number of thioether (sulfide) groups is 1. The van der Waals surface area contributed by atoms with Crippen molar-refractivity contribution in [2.24, 2.45) is 0 Å². The molecular weight excluding hydrogens is 703 g/mol. The Morgan fingerprint density at radius 3 is 2.38 bits per heavy atom. The maximum atomic E-state index is 15.6. The van der Waals surface area contributed by atoms with Crippen LogP contribution in [-0.4, -0.2) is 53.5 Å². The van der Waals surface area contributed by atoms with Crippen LogP contribution in [0.2, 0.25) is 10.0 Å². The number of unbranched alkanes of at least 4 members (excludes halogenated alkanes) is 2. The third kappa shape index (κ3) is 8.00. The van der Waals surface area contributed by atoms with Crippen LogP contribution >= 0.6 is 35.0 Å². The van der Waals surface area contributed by atoms with Gasteiger partial charge in [0.25, 0.3) is 0 Å². The molecule has 0 amide bonds. The van der Waals surface area contributed by atoms with Crippen molar-refractivity contribution in [3.63, 3.8) is 0 Å². The standard InChI is InChI=1S/C34H37Cl2F2N3O5S2/c1-6-7-8-9-29(32(42)43)40(4)48(44,45)24-17-27(36)25(28(38)18-24)20-47-33-39-19-31(41(33)23-13-11-22(37)12-14-23)34(2,3)21-10-15-26(35)30(16-21)46-5/h10-19,29H,6-9,20H2,1-5H3,(H,42,43)/t29-/m1/s1. The zero-order valence-corrected chi connectivity index (χ0v) is 30.3. The predicted octanol–water partition coefficient (Wildman–Crippen LogP) is 8.74. The lowest BCUT2D eigenvalue weighted by Gasteiger charge is -2.28. The molecule has 0 fully saturated rings. The van der Waals surface area contributed by atoms with E-state index in [-0.39, 0.29) is 22.8 Å². The molecule has 0 aliphatic rings. The second kappa shape index (κ2) is 15.6. The Morgan fingerprint density at radius 2 is 1.77 bits per heavy atom. The first kappa shape index (κ1) is 37.7. The number of nitrogens with zero attached hydrogens (tertiary/aromatic N) is 3. The van der Waals surface area contributed by atoms with Gasteiger partial charge < -0.3 is 9.84 Å². The second-order valence-corrected chi connectivity index (χ2v) is 15.5. The summed E-state index contributed by atoms with van der Waals surface area (Å²) in [5, 5.41) is 10.5. The van der Waals surface area contributed by atoms with E-state index in [0.29, 0.717) is 28.0 Å². The minimum atomic E-state index is -4.39. The molecule has 1 aromatic heterocycles. The average Bonchev–Trinajstić information content (AvgIpc) is 3.47. The topological polar surface area (TPSA) is 102 Å². The number of aromatic nitrogens is 2. The predicted molar refractivity (Wildman–Crippen MR) is 185 cm³/mol. The van der Waals surface area contributed by atoms with Gasteiger partial charge in [-0.25, -0.2) is 22.2 Å². The normalized spacial score (nSPS) is 12.8. The smallest absolute Gasteiger partial charge is 0.322 e. The lowest BCUT2D eigenvalue weighted by atomic mass is 9.81. The Morgan fingerprint density at radius 1 is 1.08 bits per heavy atom. The van der Waals surface area contributed by atoms with Crippen molar-refractivity contribution >= 4 is 51.0 Å². The Bertz CT molecular complexity index is 1860. The summed E-state index contributed by atoms with van der Waals surface area (Å²) >= 11 is 13.9. The van der Waals surface area contributed by atoms with E-state index in [4.69, 9.17) is 27.9 Å². The van der Waals surface area contributed by atoms with Crippen LogP contribution in [-0.2, 0) is 26.0 Å². The van der Waals surface area contributed by atoms with Crippen LogP contribution < -0.4 is 4.74 Å². The largest absolute Gasteiger partial charge is 0.495 e. The summed E-state index contributed by atoms with van der Waals surface area (Å²) in [7, 11) is -1.69. The summed E-state index contributed by atoms with van der Waals surface area (Å²) in [6.45, 7) is 5.94. The highest BCUT2D eigenvalue weighted by Crippen LogP contribution is 2.40. The number of ether oxygens (including phenoxy) is 1. The zero-order valence-electron chi connectivity index (χ0n) is 27.1. The van der Waals surface area contributed by atoms with Crippen LogP contribution in [0.25, 0.3) is 5.69 Å². The molecule has 0 saturated heterocycles. The Hall–Kier alpha value is -3.16. The molecule has 0 unspecified atom stereocenters. The monoisotopic (exact) mass is 739 g/mol. The molecule has 3 aromatic carbocycles. The van der Waals surface area contributed by atoms with E-state index in [9.17, 15) is 22.7 Å². The number of carbonyl (C=O) groups is 1. The first-order valence-corrected chi connectivity index (χ1v) is 18.3. The number of benzene rings is 3. The van der Waals surface area contributed by atoms with Crippen molar-refractivity contribution in [1.29, 1.82) is 0 Å². The van der Waals surface area contributed by atoms with E-state index >= 15 is 4.39 Å². The molecule has 0 spiro atoms. The molecule has 258 valence electrons. The number of imidazole rings is 1. The molecule has 4 aromatic rings. The van der Waals surface area contributed by atoms with Crippen LogP contribution in [0.1, 0.15) is 63.3 Å². The molecule has 1 heterocycles. The van der Waals surface area contributed by atoms with E-state index in [1.54, 1.807) is 24.4 Å². The van der Waals surface area contributed by atoms with Crippen LogP contribution in [0.15, 0.2) is 70.8 Å². The number of rotatable bonds is 15. The lowest BCUT2D eigenvalue weighted by Crippen LogP contribution is -2.42. The van der Waals surface area contributed by atoms with Crippen LogP contribution in [0.3, 0.4) is 0 Å². The highest BCUT2D eigenvalue weighted by molar-refractivity contribution is 7.98. The maximum Gasteiger partial charge on any atom is 0.322 e. The van der Waals surface area contributed by atoms with Gasteiger partial charge in [-0.05, 0) is 60.5 Å². The van der Waals surface area contributed by atoms with Crippen LogP contribution in [0.5, 0.6) is 5.75 Å². The summed E-state index contributed by atoms with van der Waals surface area (Å²) in [6, 6.07) is 12.0. The van der Waals surface area contributed by atoms with Crippen molar-refractivity contribution in [1.82, 2.24) is 13.9 Å². The summed E-state index contributed by atoms with van der Waals surface area (Å²) in [4.78, 5) is 16.1. The first-order valence-electron chi connectivity index (χ1n) is 15.1. The van der Waals surface area contributed by atoms with Gasteiger partial charge in [0.15, 0.2) is 5.16 Å². The van der Waals surface area contributed by atoms with Gasteiger partial charge in [-0.1, -0.05) is 81.1 Å². The fourth-order valence-corrected chi connectivity index (χ4v) is 8.32. The molecule has 0 bridgehead atoms. The van der Waals surface area contributed by atoms with Gasteiger partial charge in [0.05, 0.1) is 28.9 Å². The Balaban J connectivity index is 1.68. The third-order valence-electron chi connectivity index (χ3n) is 8.27. The van der Waals surface area contributed by atoms with E-state index in [0.717, 1.165) is 52.3 Å². The fraction of sp³-hybridized carbons (Fsp3) is 0.353. The number of aliphatic carboxylic acids is 1. The molecule has 1 atom stereocenters. The van der Waals surface area contributed by atoms with Crippen LogP contribution in [0, 0.1) is 11.6 Å². The zero-order chi connectivity index (χ0) is 35.4. The van der Waals surface area contributed by atoms with Gasteiger partial charge in [0.2, 0.25) is 10.0 Å². The van der Waals surface area contributed by atoms with Crippen molar-refractivity contribution < 1.29 is 31.8 Å². The number of likely N-dealkylation sites (N-methyl/N-ethyl adjacent to an activating group) is 1. The number of sulfonamides is 1. The summed E-state index contributed by atoms with van der Waals surface area (Å²) in [6.07, 6.45) is 3.92. The van der Waals surface area contributed by atoms with Crippen molar-refractivity contribution in [2.75, 3.05) is 14.2 Å². The molecule has 4 rings (SSSR count). The molecule has 0 radical (unpaired) electrons. The number of methoxy groups -OCH3 is 1. The van der Waals surface area contributed by atoms with E-state index in [1.165, 1.54) is 26.3 Å². The number of hydrogen-bond acceptors (Lipinski definition) is 6. The van der Waals surface area contributed by atoms with Crippen molar-refractivity contribution in [3.05, 3.63) is 99.3 Å². The summed E-state index contributed by atoms with van der Waals surface area (Å²) in [5.74, 6) is -2.09. The van der Waals surface area contributed by atoms with Crippen molar-refractivity contribution in [2.45, 2.75) is 73.7 Å². The van der Waals surface area contributed by atoms with E-state index in [2.05, 4.69) is 4.98 Å². The van der Waals surface area contributed by atoms with Gasteiger partial charge in [-0.3, -0.25) is 9.36 Å². The van der Waals surface area contributed by atoms with Gasteiger partial charge in [-0.2, -0.15) is 4.31 Å². The van der Waals surface area contributed by atoms with Gasteiger partial charge >= 0.3 is 5.97 Å². The van der Waals surface area contributed by atoms with Crippen molar-refractivity contribution in [3.8, 4) is 11.4 Å². The lowest BCUT2D eigenvalue weighted by molar-refractivity contribution is -0.141. The number of hydrogen-bond donors (Lipinski definition) is 1. The van der Waals surface area contributed by atoms with E-state index < -0.39 is 44.0 Å². The molecule has 0 aliphatic heterocycles.